The fraction of sp³-hybridized carbons (Fsp3) is 0.375. The molecule has 0 amide bonds. The van der Waals surface area contributed by atoms with E-state index in [1.807, 2.05) is 6.92 Å². The van der Waals surface area contributed by atoms with Gasteiger partial charge in [0.1, 0.15) is 16.7 Å². The molecule has 112 valence electrons. The molecule has 0 saturated carbocycles. The summed E-state index contributed by atoms with van der Waals surface area (Å²) >= 11 is 1.66. The van der Waals surface area contributed by atoms with Crippen LogP contribution in [0.15, 0.2) is 28.1 Å². The fourth-order valence-corrected chi connectivity index (χ4v) is 3.00. The molecule has 0 fully saturated rings. The van der Waals surface area contributed by atoms with Crippen molar-refractivity contribution < 1.29 is 0 Å². The van der Waals surface area contributed by atoms with Crippen LogP contribution < -0.4 is 11.3 Å². The predicted octanol–water partition coefficient (Wildman–Crippen LogP) is 3.79. The lowest BCUT2D eigenvalue weighted by molar-refractivity contribution is 0.802. The first-order valence-electron chi connectivity index (χ1n) is 7.14. The van der Waals surface area contributed by atoms with Crippen molar-refractivity contribution >= 4 is 17.6 Å². The molecule has 0 aliphatic carbocycles. The minimum Gasteiger partial charge on any atom is -0.308 e. The smallest absolute Gasteiger partial charge is 0.147 e. The molecule has 21 heavy (non-hydrogen) atoms. The van der Waals surface area contributed by atoms with Gasteiger partial charge in [-0.25, -0.2) is 15.8 Å². The summed E-state index contributed by atoms with van der Waals surface area (Å²) in [5.74, 6) is 7.12. The van der Waals surface area contributed by atoms with E-state index in [4.69, 9.17) is 5.84 Å². The molecule has 2 aromatic rings. The van der Waals surface area contributed by atoms with Crippen molar-refractivity contribution in [2.75, 3.05) is 5.43 Å². The summed E-state index contributed by atoms with van der Waals surface area (Å²) < 4.78 is 0. The predicted molar refractivity (Wildman–Crippen MR) is 88.6 cm³/mol. The van der Waals surface area contributed by atoms with Gasteiger partial charge in [-0.1, -0.05) is 24.8 Å². The molecule has 3 N–H and O–H groups in total. The van der Waals surface area contributed by atoms with E-state index in [2.05, 4.69) is 54.4 Å². The van der Waals surface area contributed by atoms with Crippen LogP contribution in [0.2, 0.25) is 0 Å². The largest absolute Gasteiger partial charge is 0.308 e. The normalized spacial score (nSPS) is 10.7. The van der Waals surface area contributed by atoms with Crippen molar-refractivity contribution in [3.63, 3.8) is 0 Å². The second-order valence-corrected chi connectivity index (χ2v) is 6.22. The first-order valence-corrected chi connectivity index (χ1v) is 7.96. The molecule has 0 atom stereocenters. The zero-order valence-corrected chi connectivity index (χ0v) is 13.8. The van der Waals surface area contributed by atoms with Crippen LogP contribution >= 0.6 is 11.8 Å². The number of hydrogen-bond donors (Lipinski definition) is 2. The molecule has 0 aliphatic heterocycles. The van der Waals surface area contributed by atoms with E-state index in [-0.39, 0.29) is 0 Å². The Morgan fingerprint density at radius 2 is 1.90 bits per heavy atom. The van der Waals surface area contributed by atoms with Crippen LogP contribution in [0.1, 0.15) is 35.9 Å². The van der Waals surface area contributed by atoms with Crippen LogP contribution in [0.25, 0.3) is 0 Å². The summed E-state index contributed by atoms with van der Waals surface area (Å²) in [6.45, 7) is 8.36. The minimum atomic E-state index is 0.708. The Labute approximate surface area is 130 Å². The number of anilines is 1. The van der Waals surface area contributed by atoms with Crippen molar-refractivity contribution in [3.05, 3.63) is 40.7 Å². The number of nitrogens with zero attached hydrogens (tertiary/aromatic N) is 2. The molecule has 0 radical (unpaired) electrons. The summed E-state index contributed by atoms with van der Waals surface area (Å²) in [7, 11) is 0. The van der Waals surface area contributed by atoms with Gasteiger partial charge in [0.05, 0.1) is 0 Å². The van der Waals surface area contributed by atoms with Crippen LogP contribution in [0.4, 0.5) is 5.82 Å². The number of nitrogens with one attached hydrogen (secondary N) is 1. The number of hydrogen-bond acceptors (Lipinski definition) is 5. The van der Waals surface area contributed by atoms with Gasteiger partial charge in [0.2, 0.25) is 0 Å². The van der Waals surface area contributed by atoms with E-state index in [1.54, 1.807) is 11.8 Å². The number of nitrogens with two attached hydrogens (primary N) is 1. The molecule has 0 bridgehead atoms. The van der Waals surface area contributed by atoms with Gasteiger partial charge >= 0.3 is 0 Å². The number of rotatable bonds is 5. The molecule has 1 heterocycles. The highest BCUT2D eigenvalue weighted by atomic mass is 32.2. The first-order chi connectivity index (χ1) is 10.0. The second kappa shape index (κ2) is 6.91. The average molecular weight is 302 g/mol. The standard InChI is InChI=1S/C16H22N4S/c1-5-6-14-18-15(20-17)12(4)16(19-14)21-13-8-7-10(2)11(3)9-13/h7-9H,5-6,17H2,1-4H3,(H,18,19,20). The van der Waals surface area contributed by atoms with Crippen LogP contribution in [-0.4, -0.2) is 9.97 Å². The summed E-state index contributed by atoms with van der Waals surface area (Å²) in [5, 5.41) is 0.963. The van der Waals surface area contributed by atoms with Gasteiger partial charge in [0.15, 0.2) is 0 Å². The maximum absolute atomic E-state index is 5.57. The first kappa shape index (κ1) is 15.8. The second-order valence-electron chi connectivity index (χ2n) is 5.16. The molecule has 1 aromatic heterocycles. The van der Waals surface area contributed by atoms with Gasteiger partial charge in [-0.05, 0) is 50.5 Å². The number of benzene rings is 1. The molecule has 5 heteroatoms. The Hall–Kier alpha value is -1.59. The topological polar surface area (TPSA) is 63.8 Å². The zero-order chi connectivity index (χ0) is 15.4. The third kappa shape index (κ3) is 3.74. The van der Waals surface area contributed by atoms with E-state index in [0.29, 0.717) is 5.82 Å². The van der Waals surface area contributed by atoms with Gasteiger partial charge in [0, 0.05) is 16.9 Å². The Morgan fingerprint density at radius 3 is 2.52 bits per heavy atom. The zero-order valence-electron chi connectivity index (χ0n) is 13.0. The third-order valence-electron chi connectivity index (χ3n) is 3.45. The van der Waals surface area contributed by atoms with Gasteiger partial charge in [-0.3, -0.25) is 0 Å². The average Bonchev–Trinajstić information content (AvgIpc) is 2.46. The van der Waals surface area contributed by atoms with Crippen LogP contribution in [0.3, 0.4) is 0 Å². The Morgan fingerprint density at radius 1 is 1.14 bits per heavy atom. The lowest BCUT2D eigenvalue weighted by atomic mass is 10.1. The molecule has 0 spiro atoms. The lowest BCUT2D eigenvalue weighted by Crippen LogP contribution is -2.13. The summed E-state index contributed by atoms with van der Waals surface area (Å²) in [5.41, 5.74) is 6.25. The molecular weight excluding hydrogens is 280 g/mol. The van der Waals surface area contributed by atoms with E-state index < -0.39 is 0 Å². The Bertz CT molecular complexity index is 640. The summed E-state index contributed by atoms with van der Waals surface area (Å²) in [6.07, 6.45) is 1.87. The maximum Gasteiger partial charge on any atom is 0.147 e. The van der Waals surface area contributed by atoms with E-state index >= 15 is 0 Å². The van der Waals surface area contributed by atoms with Gasteiger partial charge in [-0.2, -0.15) is 0 Å². The summed E-state index contributed by atoms with van der Waals surface area (Å²) in [4.78, 5) is 10.3. The molecule has 0 aliphatic rings. The molecule has 1 aromatic carbocycles. The Balaban J connectivity index is 2.37. The van der Waals surface area contributed by atoms with Gasteiger partial charge in [0.25, 0.3) is 0 Å². The highest BCUT2D eigenvalue weighted by Crippen LogP contribution is 2.32. The van der Waals surface area contributed by atoms with E-state index in [0.717, 1.165) is 29.3 Å². The molecule has 4 nitrogen and oxygen atoms in total. The molecule has 0 saturated heterocycles. The number of nitrogen functional groups attached to an aromatic ring is 1. The van der Waals surface area contributed by atoms with Crippen molar-refractivity contribution in [2.24, 2.45) is 5.84 Å². The summed E-state index contributed by atoms with van der Waals surface area (Å²) in [6, 6.07) is 6.46. The van der Waals surface area contributed by atoms with Crippen LogP contribution in [-0.2, 0) is 6.42 Å². The van der Waals surface area contributed by atoms with Gasteiger partial charge < -0.3 is 5.43 Å². The highest BCUT2D eigenvalue weighted by Gasteiger charge is 2.11. The van der Waals surface area contributed by atoms with E-state index in [9.17, 15) is 0 Å². The van der Waals surface area contributed by atoms with Crippen molar-refractivity contribution in [3.8, 4) is 0 Å². The van der Waals surface area contributed by atoms with Crippen molar-refractivity contribution in [2.45, 2.75) is 50.5 Å². The van der Waals surface area contributed by atoms with Crippen molar-refractivity contribution in [1.29, 1.82) is 0 Å². The maximum atomic E-state index is 5.57. The van der Waals surface area contributed by atoms with Crippen LogP contribution in [0, 0.1) is 20.8 Å². The molecular formula is C16H22N4S. The van der Waals surface area contributed by atoms with Gasteiger partial charge in [-0.15, -0.1) is 0 Å². The fourth-order valence-electron chi connectivity index (χ4n) is 2.00. The monoisotopic (exact) mass is 302 g/mol. The SMILES string of the molecule is CCCc1nc(NN)c(C)c(Sc2ccc(C)c(C)c2)n1. The number of hydrazine groups is 1. The van der Waals surface area contributed by atoms with Crippen molar-refractivity contribution in [1.82, 2.24) is 9.97 Å². The third-order valence-corrected chi connectivity index (χ3v) is 4.53. The minimum absolute atomic E-state index is 0.708. The van der Waals surface area contributed by atoms with E-state index in [1.165, 1.54) is 16.0 Å². The number of aromatic nitrogens is 2. The molecule has 2 rings (SSSR count). The highest BCUT2D eigenvalue weighted by molar-refractivity contribution is 7.99. The molecule has 0 unspecified atom stereocenters. The Kier molecular flexibility index (Phi) is 5.20. The quantitative estimate of drug-likeness (QED) is 0.500. The number of aryl methyl sites for hydroxylation is 3. The lowest BCUT2D eigenvalue weighted by Gasteiger charge is -2.12. The van der Waals surface area contributed by atoms with Crippen LogP contribution in [0.5, 0.6) is 0 Å².